The molecule has 0 amide bonds. The van der Waals surface area contributed by atoms with Gasteiger partial charge in [0, 0.05) is 18.4 Å². The van der Waals surface area contributed by atoms with Crippen molar-refractivity contribution in [2.24, 2.45) is 5.92 Å². The Hall–Kier alpha value is -1.29. The molecule has 1 saturated carbocycles. The molecule has 1 aliphatic carbocycles. The highest BCUT2D eigenvalue weighted by Gasteiger charge is 2.31. The van der Waals surface area contributed by atoms with Crippen molar-refractivity contribution in [1.29, 1.82) is 0 Å². The minimum absolute atomic E-state index is 0.213. The molecule has 1 fully saturated rings. The fourth-order valence-electron chi connectivity index (χ4n) is 2.06. The lowest BCUT2D eigenvalue weighted by atomic mass is 10.1. The Kier molecular flexibility index (Phi) is 3.29. The van der Waals surface area contributed by atoms with Gasteiger partial charge >= 0.3 is 5.97 Å². The Morgan fingerprint density at radius 2 is 2.44 bits per heavy atom. The minimum Gasteiger partial charge on any atom is -0.468 e. The van der Waals surface area contributed by atoms with E-state index in [1.807, 2.05) is 24.0 Å². The number of aromatic nitrogens is 1. The van der Waals surface area contributed by atoms with Gasteiger partial charge in [-0.05, 0) is 37.4 Å². The molecule has 0 radical (unpaired) electrons. The van der Waals surface area contributed by atoms with Crippen LogP contribution in [0.5, 0.6) is 0 Å². The van der Waals surface area contributed by atoms with Crippen LogP contribution >= 0.6 is 0 Å². The first-order chi connectivity index (χ1) is 7.74. The number of hydrogen-bond donors (Lipinski definition) is 1. The molecule has 0 bridgehead atoms. The van der Waals surface area contributed by atoms with Crippen LogP contribution < -0.4 is 5.32 Å². The Morgan fingerprint density at radius 1 is 1.69 bits per heavy atom. The summed E-state index contributed by atoms with van der Waals surface area (Å²) in [5.74, 6) is 0.550. The second kappa shape index (κ2) is 4.70. The summed E-state index contributed by atoms with van der Waals surface area (Å²) >= 11 is 0. The Bertz CT molecular complexity index is 369. The summed E-state index contributed by atoms with van der Waals surface area (Å²) < 4.78 is 6.50. The molecule has 0 spiro atoms. The molecular formula is C12H18N2O2. The lowest BCUT2D eigenvalue weighted by molar-refractivity contribution is -0.141. The maximum atomic E-state index is 11.1. The number of carbonyl (C=O) groups is 1. The molecule has 2 rings (SSSR count). The number of rotatable bonds is 5. The van der Waals surface area contributed by atoms with Gasteiger partial charge in [-0.15, -0.1) is 0 Å². The average molecular weight is 222 g/mol. The zero-order valence-electron chi connectivity index (χ0n) is 9.77. The number of methoxy groups -OCH3 is 1. The summed E-state index contributed by atoms with van der Waals surface area (Å²) in [7, 11) is 3.40. The summed E-state index contributed by atoms with van der Waals surface area (Å²) in [6, 6.07) is 2.50. The van der Waals surface area contributed by atoms with Crippen molar-refractivity contribution in [2.75, 3.05) is 14.2 Å². The van der Waals surface area contributed by atoms with E-state index in [0.29, 0.717) is 6.04 Å². The molecular weight excluding hydrogens is 204 g/mol. The van der Waals surface area contributed by atoms with Crippen LogP contribution in [0, 0.1) is 5.92 Å². The number of carbonyl (C=O) groups excluding carboxylic acids is 1. The summed E-state index contributed by atoms with van der Waals surface area (Å²) in [5, 5.41) is 3.33. The molecule has 0 aliphatic heterocycles. The first-order valence-corrected chi connectivity index (χ1v) is 5.64. The Balaban J connectivity index is 2.03. The second-order valence-corrected chi connectivity index (χ2v) is 4.30. The highest BCUT2D eigenvalue weighted by atomic mass is 16.5. The van der Waals surface area contributed by atoms with Crippen molar-refractivity contribution in [1.82, 2.24) is 9.88 Å². The third kappa shape index (κ3) is 2.44. The Labute approximate surface area is 95.6 Å². The maximum Gasteiger partial charge on any atom is 0.325 e. The largest absolute Gasteiger partial charge is 0.468 e. The SMILES string of the molecule is CNC(c1ccn(CC(=O)OC)c1)C1CC1. The fourth-order valence-corrected chi connectivity index (χ4v) is 2.06. The highest BCUT2D eigenvalue weighted by Crippen LogP contribution is 2.40. The topological polar surface area (TPSA) is 43.3 Å². The predicted molar refractivity (Wildman–Crippen MR) is 61.0 cm³/mol. The predicted octanol–water partition coefficient (Wildman–Crippen LogP) is 1.33. The third-order valence-corrected chi connectivity index (χ3v) is 3.08. The quantitative estimate of drug-likeness (QED) is 0.764. The molecule has 1 unspecified atom stereocenters. The van der Waals surface area contributed by atoms with Gasteiger partial charge in [-0.25, -0.2) is 0 Å². The van der Waals surface area contributed by atoms with E-state index in [4.69, 9.17) is 0 Å². The number of nitrogens with one attached hydrogen (secondary N) is 1. The van der Waals surface area contributed by atoms with E-state index < -0.39 is 0 Å². The molecule has 16 heavy (non-hydrogen) atoms. The molecule has 1 aliphatic rings. The maximum absolute atomic E-state index is 11.1. The zero-order valence-corrected chi connectivity index (χ0v) is 9.77. The van der Waals surface area contributed by atoms with Crippen LogP contribution in [0.2, 0.25) is 0 Å². The van der Waals surface area contributed by atoms with Crippen molar-refractivity contribution in [3.8, 4) is 0 Å². The van der Waals surface area contributed by atoms with E-state index in [0.717, 1.165) is 5.92 Å². The van der Waals surface area contributed by atoms with E-state index in [1.54, 1.807) is 0 Å². The van der Waals surface area contributed by atoms with Crippen LogP contribution in [-0.2, 0) is 16.1 Å². The molecule has 0 saturated heterocycles. The third-order valence-electron chi connectivity index (χ3n) is 3.08. The smallest absolute Gasteiger partial charge is 0.325 e. The monoisotopic (exact) mass is 222 g/mol. The molecule has 1 atom stereocenters. The average Bonchev–Trinajstić information content (AvgIpc) is 3.01. The van der Waals surface area contributed by atoms with Crippen LogP contribution in [0.25, 0.3) is 0 Å². The van der Waals surface area contributed by atoms with Gasteiger partial charge < -0.3 is 14.6 Å². The fraction of sp³-hybridized carbons (Fsp3) is 0.583. The van der Waals surface area contributed by atoms with Crippen LogP contribution in [0.1, 0.15) is 24.4 Å². The standard InChI is InChI=1S/C12H18N2O2/c1-13-12(9-3-4-9)10-5-6-14(7-10)8-11(15)16-2/h5-7,9,12-13H,3-4,8H2,1-2H3. The molecule has 1 aromatic rings. The van der Waals surface area contributed by atoms with Gasteiger partial charge in [-0.2, -0.15) is 0 Å². The normalized spacial score (nSPS) is 17.1. The van der Waals surface area contributed by atoms with Gasteiger partial charge in [0.15, 0.2) is 0 Å². The van der Waals surface area contributed by atoms with Crippen molar-refractivity contribution in [3.05, 3.63) is 24.0 Å². The molecule has 1 aromatic heterocycles. The number of ether oxygens (including phenoxy) is 1. The van der Waals surface area contributed by atoms with Crippen LogP contribution in [0.3, 0.4) is 0 Å². The van der Waals surface area contributed by atoms with Gasteiger partial charge in [0.05, 0.1) is 7.11 Å². The van der Waals surface area contributed by atoms with Crippen LogP contribution in [0.4, 0.5) is 0 Å². The lowest BCUT2D eigenvalue weighted by Crippen LogP contribution is -2.17. The van der Waals surface area contributed by atoms with Gasteiger partial charge in [-0.3, -0.25) is 4.79 Å². The number of hydrogen-bond acceptors (Lipinski definition) is 3. The second-order valence-electron chi connectivity index (χ2n) is 4.30. The summed E-state index contributed by atoms with van der Waals surface area (Å²) in [5.41, 5.74) is 1.26. The van der Waals surface area contributed by atoms with Crippen molar-refractivity contribution in [2.45, 2.75) is 25.4 Å². The molecule has 88 valence electrons. The van der Waals surface area contributed by atoms with E-state index in [9.17, 15) is 4.79 Å². The first kappa shape index (κ1) is 11.2. The van der Waals surface area contributed by atoms with E-state index in [-0.39, 0.29) is 12.5 Å². The number of nitrogens with zero attached hydrogens (tertiary/aromatic N) is 1. The molecule has 1 N–H and O–H groups in total. The summed E-state index contributed by atoms with van der Waals surface area (Å²) in [4.78, 5) is 11.1. The summed E-state index contributed by atoms with van der Waals surface area (Å²) in [6.07, 6.45) is 6.55. The van der Waals surface area contributed by atoms with Gasteiger partial charge in [-0.1, -0.05) is 0 Å². The summed E-state index contributed by atoms with van der Waals surface area (Å²) in [6.45, 7) is 0.289. The van der Waals surface area contributed by atoms with Gasteiger partial charge in [0.2, 0.25) is 0 Å². The number of esters is 1. The minimum atomic E-state index is -0.213. The lowest BCUT2D eigenvalue weighted by Gasteiger charge is -2.13. The van der Waals surface area contributed by atoms with Gasteiger partial charge in [0.25, 0.3) is 0 Å². The molecule has 1 heterocycles. The highest BCUT2D eigenvalue weighted by molar-refractivity contribution is 5.68. The molecule has 4 nitrogen and oxygen atoms in total. The van der Waals surface area contributed by atoms with Crippen molar-refractivity contribution >= 4 is 5.97 Å². The van der Waals surface area contributed by atoms with Crippen molar-refractivity contribution < 1.29 is 9.53 Å². The molecule has 4 heteroatoms. The molecule has 0 aromatic carbocycles. The van der Waals surface area contributed by atoms with Crippen LogP contribution in [0.15, 0.2) is 18.5 Å². The van der Waals surface area contributed by atoms with E-state index >= 15 is 0 Å². The van der Waals surface area contributed by atoms with Gasteiger partial charge in [0.1, 0.15) is 6.54 Å². The Morgan fingerprint density at radius 3 is 3.00 bits per heavy atom. The van der Waals surface area contributed by atoms with Crippen LogP contribution in [-0.4, -0.2) is 24.7 Å². The zero-order chi connectivity index (χ0) is 11.5. The van der Waals surface area contributed by atoms with Crippen molar-refractivity contribution in [3.63, 3.8) is 0 Å². The van der Waals surface area contributed by atoms with E-state index in [2.05, 4.69) is 16.1 Å². The van der Waals surface area contributed by atoms with E-state index in [1.165, 1.54) is 25.5 Å². The first-order valence-electron chi connectivity index (χ1n) is 5.64.